The Hall–Kier alpha value is -2.70. The van der Waals surface area contributed by atoms with E-state index in [1.165, 1.54) is 19.1 Å². The highest BCUT2D eigenvalue weighted by Gasteiger charge is 2.36. The van der Waals surface area contributed by atoms with Gasteiger partial charge in [-0.15, -0.1) is 0 Å². The average Bonchev–Trinajstić information content (AvgIpc) is 2.63. The van der Waals surface area contributed by atoms with Crippen molar-refractivity contribution in [2.75, 3.05) is 6.54 Å². The predicted molar refractivity (Wildman–Crippen MR) is 71.7 cm³/mol. The molecule has 0 aliphatic carbocycles. The van der Waals surface area contributed by atoms with Crippen LogP contribution in [0.3, 0.4) is 0 Å². The molecule has 3 amide bonds. The molecule has 21 heavy (non-hydrogen) atoms. The lowest BCUT2D eigenvalue weighted by atomic mass is 10.1. The molecular weight excluding hydrogens is 276 g/mol. The third kappa shape index (κ3) is 3.07. The third-order valence-corrected chi connectivity index (χ3v) is 3.07. The van der Waals surface area contributed by atoms with Crippen molar-refractivity contribution in [3.8, 4) is 0 Å². The lowest BCUT2D eigenvalue weighted by Gasteiger charge is -2.16. The van der Waals surface area contributed by atoms with Crippen LogP contribution < -0.4 is 5.32 Å². The van der Waals surface area contributed by atoms with Gasteiger partial charge in [0.15, 0.2) is 0 Å². The van der Waals surface area contributed by atoms with Gasteiger partial charge in [0.2, 0.25) is 5.91 Å². The monoisotopic (exact) mass is 290 g/mol. The number of aliphatic carboxylic acids is 1. The number of hydrogen-bond acceptors (Lipinski definition) is 4. The molecule has 1 atom stereocenters. The second kappa shape index (κ2) is 5.74. The van der Waals surface area contributed by atoms with Gasteiger partial charge in [0.05, 0.1) is 17.5 Å². The Balaban J connectivity index is 2.02. The number of nitrogens with zero attached hydrogens (tertiary/aromatic N) is 1. The number of carboxylic acids is 1. The Morgan fingerprint density at radius 1 is 1.19 bits per heavy atom. The molecule has 7 nitrogen and oxygen atoms in total. The first-order valence-electron chi connectivity index (χ1n) is 6.36. The first kappa shape index (κ1) is 14.7. The maximum absolute atomic E-state index is 12.0. The van der Waals surface area contributed by atoms with Gasteiger partial charge in [-0.25, -0.2) is 0 Å². The average molecular weight is 290 g/mol. The topological polar surface area (TPSA) is 104 Å². The minimum atomic E-state index is -1.04. The zero-order chi connectivity index (χ0) is 15.6. The Labute approximate surface area is 120 Å². The molecular formula is C14H14N2O5. The standard InChI is InChI=1S/C14H14N2O5/c1-8(6-12(18)19)15-11(17)7-16-13(20)9-4-2-3-5-10(9)14(16)21/h2-5,8H,6-7H2,1H3,(H,15,17)(H,18,19). The van der Waals surface area contributed by atoms with Crippen LogP contribution in [-0.2, 0) is 9.59 Å². The van der Waals surface area contributed by atoms with Gasteiger partial charge < -0.3 is 10.4 Å². The van der Waals surface area contributed by atoms with Crippen LogP contribution in [0.25, 0.3) is 0 Å². The lowest BCUT2D eigenvalue weighted by Crippen LogP contribution is -2.43. The lowest BCUT2D eigenvalue weighted by molar-refractivity contribution is -0.137. The number of amides is 3. The number of hydrogen-bond donors (Lipinski definition) is 2. The van der Waals surface area contributed by atoms with Crippen molar-refractivity contribution in [3.05, 3.63) is 35.4 Å². The summed E-state index contributed by atoms with van der Waals surface area (Å²) in [4.78, 5) is 47.2. The molecule has 0 radical (unpaired) electrons. The van der Waals surface area contributed by atoms with E-state index in [2.05, 4.69) is 5.32 Å². The van der Waals surface area contributed by atoms with Crippen molar-refractivity contribution in [2.24, 2.45) is 0 Å². The number of carboxylic acid groups (broad SMARTS) is 1. The Morgan fingerprint density at radius 2 is 1.71 bits per heavy atom. The second-order valence-corrected chi connectivity index (χ2v) is 4.81. The maximum atomic E-state index is 12.0. The van der Waals surface area contributed by atoms with Crippen LogP contribution in [0, 0.1) is 0 Å². The molecule has 1 unspecified atom stereocenters. The van der Waals surface area contributed by atoms with E-state index in [-0.39, 0.29) is 17.5 Å². The van der Waals surface area contributed by atoms with E-state index in [0.29, 0.717) is 0 Å². The summed E-state index contributed by atoms with van der Waals surface area (Å²) in [5.41, 5.74) is 0.544. The number of imide groups is 1. The molecule has 1 aliphatic rings. The van der Waals surface area contributed by atoms with Gasteiger partial charge in [0, 0.05) is 6.04 Å². The molecule has 0 saturated heterocycles. The zero-order valence-electron chi connectivity index (χ0n) is 11.3. The Morgan fingerprint density at radius 3 is 2.19 bits per heavy atom. The second-order valence-electron chi connectivity index (χ2n) is 4.81. The highest BCUT2D eigenvalue weighted by atomic mass is 16.4. The fourth-order valence-electron chi connectivity index (χ4n) is 2.16. The van der Waals surface area contributed by atoms with E-state index in [1.807, 2.05) is 0 Å². The molecule has 0 bridgehead atoms. The quantitative estimate of drug-likeness (QED) is 0.757. The van der Waals surface area contributed by atoms with Gasteiger partial charge in [0.1, 0.15) is 6.54 Å². The van der Waals surface area contributed by atoms with Crippen LogP contribution in [0.5, 0.6) is 0 Å². The summed E-state index contributed by atoms with van der Waals surface area (Å²) in [5, 5.41) is 11.1. The molecule has 1 aliphatic heterocycles. The largest absolute Gasteiger partial charge is 0.481 e. The van der Waals surface area contributed by atoms with Crippen molar-refractivity contribution >= 4 is 23.7 Å². The molecule has 0 spiro atoms. The summed E-state index contributed by atoms with van der Waals surface area (Å²) in [6.45, 7) is 1.12. The van der Waals surface area contributed by atoms with Gasteiger partial charge >= 0.3 is 5.97 Å². The van der Waals surface area contributed by atoms with E-state index < -0.39 is 36.3 Å². The van der Waals surface area contributed by atoms with Crippen molar-refractivity contribution < 1.29 is 24.3 Å². The SMILES string of the molecule is CC(CC(=O)O)NC(=O)CN1C(=O)c2ccccc2C1=O. The van der Waals surface area contributed by atoms with E-state index in [0.717, 1.165) is 4.90 Å². The van der Waals surface area contributed by atoms with Crippen molar-refractivity contribution in [1.82, 2.24) is 10.2 Å². The third-order valence-electron chi connectivity index (χ3n) is 3.07. The van der Waals surface area contributed by atoms with Gasteiger partial charge in [0.25, 0.3) is 11.8 Å². The molecule has 1 aromatic carbocycles. The van der Waals surface area contributed by atoms with E-state index >= 15 is 0 Å². The van der Waals surface area contributed by atoms with Gasteiger partial charge in [-0.1, -0.05) is 12.1 Å². The fraction of sp³-hybridized carbons (Fsp3) is 0.286. The predicted octanol–water partition coefficient (Wildman–Crippen LogP) is 0.262. The van der Waals surface area contributed by atoms with Crippen molar-refractivity contribution in [2.45, 2.75) is 19.4 Å². The summed E-state index contributed by atoms with van der Waals surface area (Å²) < 4.78 is 0. The van der Waals surface area contributed by atoms with Crippen LogP contribution in [0.4, 0.5) is 0 Å². The van der Waals surface area contributed by atoms with Crippen LogP contribution in [0.15, 0.2) is 24.3 Å². The molecule has 7 heteroatoms. The van der Waals surface area contributed by atoms with Crippen LogP contribution in [0.2, 0.25) is 0 Å². The van der Waals surface area contributed by atoms with Crippen LogP contribution in [0.1, 0.15) is 34.1 Å². The number of nitrogens with one attached hydrogen (secondary N) is 1. The van der Waals surface area contributed by atoms with Gasteiger partial charge in [-0.05, 0) is 19.1 Å². The number of rotatable bonds is 5. The van der Waals surface area contributed by atoms with Crippen LogP contribution in [-0.4, -0.2) is 46.3 Å². The Kier molecular flexibility index (Phi) is 4.02. The molecule has 2 N–H and O–H groups in total. The normalized spacial score (nSPS) is 14.8. The number of benzene rings is 1. The fourth-order valence-corrected chi connectivity index (χ4v) is 2.16. The van der Waals surface area contributed by atoms with Crippen molar-refractivity contribution in [1.29, 1.82) is 0 Å². The van der Waals surface area contributed by atoms with E-state index in [4.69, 9.17) is 5.11 Å². The minimum Gasteiger partial charge on any atom is -0.481 e. The summed E-state index contributed by atoms with van der Waals surface area (Å²) >= 11 is 0. The first-order valence-corrected chi connectivity index (χ1v) is 6.36. The molecule has 2 rings (SSSR count). The molecule has 1 heterocycles. The highest BCUT2D eigenvalue weighted by molar-refractivity contribution is 6.22. The van der Waals surface area contributed by atoms with E-state index in [1.54, 1.807) is 12.1 Å². The number of carbonyl (C=O) groups excluding carboxylic acids is 3. The molecule has 1 aromatic rings. The number of fused-ring (bicyclic) bond motifs is 1. The van der Waals surface area contributed by atoms with E-state index in [9.17, 15) is 19.2 Å². The minimum absolute atomic E-state index is 0.228. The number of carbonyl (C=O) groups is 4. The molecule has 110 valence electrons. The van der Waals surface area contributed by atoms with Gasteiger partial charge in [-0.3, -0.25) is 24.1 Å². The Bertz CT molecular complexity index is 591. The van der Waals surface area contributed by atoms with Gasteiger partial charge in [-0.2, -0.15) is 0 Å². The smallest absolute Gasteiger partial charge is 0.305 e. The van der Waals surface area contributed by atoms with Crippen molar-refractivity contribution in [3.63, 3.8) is 0 Å². The van der Waals surface area contributed by atoms with Crippen LogP contribution >= 0.6 is 0 Å². The molecule has 0 fully saturated rings. The summed E-state index contributed by atoms with van der Waals surface area (Å²) in [7, 11) is 0. The first-order chi connectivity index (χ1) is 9.90. The summed E-state index contributed by atoms with van der Waals surface area (Å²) in [6, 6.07) is 5.76. The maximum Gasteiger partial charge on any atom is 0.305 e. The molecule has 0 aromatic heterocycles. The molecule has 0 saturated carbocycles. The zero-order valence-corrected chi connectivity index (χ0v) is 11.3. The highest BCUT2D eigenvalue weighted by Crippen LogP contribution is 2.21. The summed E-state index contributed by atoms with van der Waals surface area (Å²) in [5.74, 6) is -2.64. The summed E-state index contributed by atoms with van der Waals surface area (Å²) in [6.07, 6.45) is -0.228.